The molecule has 1 aliphatic heterocycles. The fourth-order valence-corrected chi connectivity index (χ4v) is 4.95. The van der Waals surface area contributed by atoms with E-state index in [9.17, 15) is 13.2 Å². The minimum atomic E-state index is -3.25. The molecule has 0 radical (unpaired) electrons. The second kappa shape index (κ2) is 7.13. The first kappa shape index (κ1) is 19.6. The molecule has 0 bridgehead atoms. The van der Waals surface area contributed by atoms with Gasteiger partial charge in [-0.15, -0.1) is 0 Å². The lowest BCUT2D eigenvalue weighted by molar-refractivity contribution is 0.394. The van der Waals surface area contributed by atoms with Crippen molar-refractivity contribution in [2.24, 2.45) is 0 Å². The van der Waals surface area contributed by atoms with Crippen molar-refractivity contribution in [3.05, 3.63) is 51.9 Å². The lowest BCUT2D eigenvalue weighted by Gasteiger charge is -2.25. The van der Waals surface area contributed by atoms with Crippen molar-refractivity contribution in [2.45, 2.75) is 39.2 Å². The molecule has 27 heavy (non-hydrogen) atoms. The number of aromatic nitrogens is 1. The van der Waals surface area contributed by atoms with Crippen LogP contribution in [0.25, 0.3) is 11.1 Å². The van der Waals surface area contributed by atoms with E-state index >= 15 is 0 Å². The third-order valence-electron chi connectivity index (χ3n) is 4.89. The Kier molecular flexibility index (Phi) is 5.18. The summed E-state index contributed by atoms with van der Waals surface area (Å²) >= 11 is 0. The van der Waals surface area contributed by atoms with E-state index in [-0.39, 0.29) is 23.3 Å². The van der Waals surface area contributed by atoms with Gasteiger partial charge in [0.05, 0.1) is 12.9 Å². The summed E-state index contributed by atoms with van der Waals surface area (Å²) in [6.45, 7) is 6.96. The summed E-state index contributed by atoms with van der Waals surface area (Å²) < 4.78 is 31.7. The van der Waals surface area contributed by atoms with Gasteiger partial charge in [0, 0.05) is 30.4 Å². The lowest BCUT2D eigenvalue weighted by Crippen LogP contribution is -2.26. The molecule has 1 aliphatic rings. The van der Waals surface area contributed by atoms with Gasteiger partial charge >= 0.3 is 0 Å². The van der Waals surface area contributed by atoms with Gasteiger partial charge < -0.3 is 9.72 Å². The summed E-state index contributed by atoms with van der Waals surface area (Å²) in [6, 6.07) is 7.36. The maximum absolute atomic E-state index is 12.4. The van der Waals surface area contributed by atoms with Crippen LogP contribution >= 0.6 is 0 Å². The van der Waals surface area contributed by atoms with Crippen LogP contribution in [0.5, 0.6) is 5.75 Å². The standard InChI is InChI=1S/C20H26N2O4S/c1-20(2,3)17-12-16(15-7-5-8-21-19(15)23)14(11-18(17)26-4)13-22-9-6-10-27(22,24)25/h5,7-8,11-12H,6,9-10,13H2,1-4H3,(H,21,23). The van der Waals surface area contributed by atoms with Gasteiger partial charge in [0.15, 0.2) is 0 Å². The Morgan fingerprint density at radius 1 is 1.22 bits per heavy atom. The van der Waals surface area contributed by atoms with E-state index < -0.39 is 10.0 Å². The fraction of sp³-hybridized carbons (Fsp3) is 0.450. The zero-order valence-electron chi connectivity index (χ0n) is 16.2. The first-order valence-corrected chi connectivity index (χ1v) is 10.6. The van der Waals surface area contributed by atoms with E-state index in [1.54, 1.807) is 25.4 Å². The van der Waals surface area contributed by atoms with Crippen molar-refractivity contribution in [1.82, 2.24) is 9.29 Å². The molecule has 7 heteroatoms. The van der Waals surface area contributed by atoms with Crippen LogP contribution in [-0.4, -0.2) is 37.1 Å². The molecule has 6 nitrogen and oxygen atoms in total. The fourth-order valence-electron chi connectivity index (χ4n) is 3.45. The molecular weight excluding hydrogens is 364 g/mol. The average Bonchev–Trinajstić information content (AvgIpc) is 2.92. The van der Waals surface area contributed by atoms with E-state index in [1.165, 1.54) is 4.31 Å². The summed E-state index contributed by atoms with van der Waals surface area (Å²) in [5, 5.41) is 0. The Morgan fingerprint density at radius 2 is 1.96 bits per heavy atom. The topological polar surface area (TPSA) is 79.5 Å². The molecular formula is C20H26N2O4S. The molecule has 0 unspecified atom stereocenters. The van der Waals surface area contributed by atoms with Gasteiger partial charge in [0.25, 0.3) is 5.56 Å². The van der Waals surface area contributed by atoms with Gasteiger partial charge in [0.2, 0.25) is 10.0 Å². The van der Waals surface area contributed by atoms with Gasteiger partial charge in [0.1, 0.15) is 5.75 Å². The third kappa shape index (κ3) is 3.94. The summed E-state index contributed by atoms with van der Waals surface area (Å²) in [4.78, 5) is 15.1. The summed E-state index contributed by atoms with van der Waals surface area (Å²) in [7, 11) is -1.64. The molecule has 0 atom stereocenters. The Hall–Kier alpha value is -2.12. The minimum Gasteiger partial charge on any atom is -0.496 e. The largest absolute Gasteiger partial charge is 0.496 e. The molecule has 2 aromatic rings. The lowest BCUT2D eigenvalue weighted by atomic mass is 9.83. The number of hydrogen-bond acceptors (Lipinski definition) is 4. The SMILES string of the molecule is COc1cc(CN2CCCS2(=O)=O)c(-c2ccc[nH]c2=O)cc1C(C)(C)C. The van der Waals surface area contributed by atoms with Gasteiger partial charge in [-0.05, 0) is 47.2 Å². The van der Waals surface area contributed by atoms with Crippen molar-refractivity contribution >= 4 is 10.0 Å². The monoisotopic (exact) mass is 390 g/mol. The molecule has 2 heterocycles. The highest BCUT2D eigenvalue weighted by Gasteiger charge is 2.30. The van der Waals surface area contributed by atoms with Crippen LogP contribution in [0.15, 0.2) is 35.3 Å². The number of methoxy groups -OCH3 is 1. The zero-order chi connectivity index (χ0) is 19.8. The second-order valence-electron chi connectivity index (χ2n) is 7.88. The third-order valence-corrected chi connectivity index (χ3v) is 6.79. The van der Waals surface area contributed by atoms with Crippen molar-refractivity contribution in [2.75, 3.05) is 19.4 Å². The number of sulfonamides is 1. The molecule has 3 rings (SSSR count). The maximum atomic E-state index is 12.4. The summed E-state index contributed by atoms with van der Waals surface area (Å²) in [6.07, 6.45) is 2.21. The number of nitrogens with one attached hydrogen (secondary N) is 1. The van der Waals surface area contributed by atoms with Crippen LogP contribution in [0.4, 0.5) is 0 Å². The number of pyridine rings is 1. The summed E-state index contributed by atoms with van der Waals surface area (Å²) in [5.74, 6) is 0.871. The number of hydrogen-bond donors (Lipinski definition) is 1. The first-order valence-electron chi connectivity index (χ1n) is 9.01. The number of H-pyrrole nitrogens is 1. The quantitative estimate of drug-likeness (QED) is 0.871. The van der Waals surface area contributed by atoms with Gasteiger partial charge in [-0.3, -0.25) is 4.79 Å². The van der Waals surface area contributed by atoms with Gasteiger partial charge in [-0.1, -0.05) is 20.8 Å². The molecule has 1 aromatic carbocycles. The molecule has 1 aromatic heterocycles. The average molecular weight is 391 g/mol. The number of ether oxygens (including phenoxy) is 1. The van der Waals surface area contributed by atoms with Crippen LogP contribution in [0.1, 0.15) is 38.3 Å². The minimum absolute atomic E-state index is 0.172. The molecule has 0 amide bonds. The zero-order valence-corrected chi connectivity index (χ0v) is 17.0. The van der Waals surface area contributed by atoms with E-state index in [0.717, 1.165) is 16.7 Å². The van der Waals surface area contributed by atoms with Crippen LogP contribution in [0.2, 0.25) is 0 Å². The highest BCUT2D eigenvalue weighted by Crippen LogP contribution is 2.37. The molecule has 0 aliphatic carbocycles. The van der Waals surface area contributed by atoms with Gasteiger partial charge in [-0.25, -0.2) is 8.42 Å². The van der Waals surface area contributed by atoms with E-state index in [2.05, 4.69) is 25.8 Å². The number of rotatable bonds is 4. The second-order valence-corrected chi connectivity index (χ2v) is 9.96. The van der Waals surface area contributed by atoms with Gasteiger partial charge in [-0.2, -0.15) is 4.31 Å². The van der Waals surface area contributed by atoms with Crippen LogP contribution in [0, 0.1) is 0 Å². The van der Waals surface area contributed by atoms with Crippen molar-refractivity contribution in [3.8, 4) is 16.9 Å². The molecule has 0 spiro atoms. The number of aromatic amines is 1. The van der Waals surface area contributed by atoms with E-state index in [1.807, 2.05) is 12.1 Å². The van der Waals surface area contributed by atoms with Crippen LogP contribution < -0.4 is 10.3 Å². The predicted octanol–water partition coefficient (Wildman–Crippen LogP) is 2.88. The highest BCUT2D eigenvalue weighted by molar-refractivity contribution is 7.89. The Bertz CT molecular complexity index is 1000. The normalized spacial score (nSPS) is 17.2. The molecule has 1 saturated heterocycles. The highest BCUT2D eigenvalue weighted by atomic mass is 32.2. The molecule has 146 valence electrons. The Balaban J connectivity index is 2.21. The van der Waals surface area contributed by atoms with Crippen LogP contribution in [0.3, 0.4) is 0 Å². The first-order chi connectivity index (χ1) is 12.6. The maximum Gasteiger partial charge on any atom is 0.255 e. The molecule has 1 fully saturated rings. The van der Waals surface area contributed by atoms with E-state index in [4.69, 9.17) is 4.74 Å². The molecule has 1 N–H and O–H groups in total. The molecule has 0 saturated carbocycles. The Morgan fingerprint density at radius 3 is 2.52 bits per heavy atom. The van der Waals surface area contributed by atoms with Crippen molar-refractivity contribution < 1.29 is 13.2 Å². The number of benzene rings is 1. The van der Waals surface area contributed by atoms with Crippen LogP contribution in [-0.2, 0) is 22.0 Å². The predicted molar refractivity (Wildman–Crippen MR) is 107 cm³/mol. The van der Waals surface area contributed by atoms with E-state index in [0.29, 0.717) is 24.3 Å². The smallest absolute Gasteiger partial charge is 0.255 e. The Labute approximate surface area is 160 Å². The summed E-state index contributed by atoms with van der Waals surface area (Å²) in [5.41, 5.74) is 2.60. The van der Waals surface area contributed by atoms with Crippen molar-refractivity contribution in [1.29, 1.82) is 0 Å². The number of nitrogens with zero attached hydrogens (tertiary/aromatic N) is 1. The van der Waals surface area contributed by atoms with Crippen molar-refractivity contribution in [3.63, 3.8) is 0 Å².